The fraction of sp³-hybridized carbons (Fsp3) is 0.235. The van der Waals surface area contributed by atoms with Crippen LogP contribution in [0.3, 0.4) is 0 Å². The molecule has 12 heteroatoms. The first-order chi connectivity index (χ1) is 22.1. The van der Waals surface area contributed by atoms with E-state index in [0.29, 0.717) is 39.9 Å². The van der Waals surface area contributed by atoms with Crippen LogP contribution in [-0.4, -0.2) is 49.8 Å². The van der Waals surface area contributed by atoms with Gasteiger partial charge in [0.2, 0.25) is 5.90 Å². The summed E-state index contributed by atoms with van der Waals surface area (Å²) in [7, 11) is -3.82. The molecule has 1 heterocycles. The summed E-state index contributed by atoms with van der Waals surface area (Å²) < 4.78 is 39.1. The van der Waals surface area contributed by atoms with Crippen molar-refractivity contribution in [3.05, 3.63) is 129 Å². The Morgan fingerprint density at radius 2 is 1.67 bits per heavy atom. The number of halogens is 3. The number of ether oxygens (including phenoxy) is 2. The van der Waals surface area contributed by atoms with Crippen molar-refractivity contribution in [1.29, 1.82) is 0 Å². The molecule has 1 amide bonds. The molecule has 0 aliphatic carbocycles. The van der Waals surface area contributed by atoms with Crippen LogP contribution in [0, 0.1) is 0 Å². The number of nitrogens with zero attached hydrogens (tertiary/aromatic N) is 1. The normalized spacial score (nSPS) is 17.7. The lowest BCUT2D eigenvalue weighted by molar-refractivity contribution is -0.129. The van der Waals surface area contributed by atoms with Crippen LogP contribution in [0.15, 0.2) is 107 Å². The van der Waals surface area contributed by atoms with Crippen molar-refractivity contribution in [3.8, 4) is 5.75 Å². The van der Waals surface area contributed by atoms with Crippen molar-refractivity contribution in [2.45, 2.75) is 35.9 Å². The number of amides is 1. The predicted octanol–water partition coefficient (Wildman–Crippen LogP) is 6.85. The third kappa shape index (κ3) is 7.85. The highest BCUT2D eigenvalue weighted by molar-refractivity contribution is 7.91. The first-order valence-corrected chi connectivity index (χ1v) is 17.3. The minimum absolute atomic E-state index is 0.0127. The van der Waals surface area contributed by atoms with Crippen LogP contribution < -0.4 is 10.1 Å². The lowest BCUT2D eigenvalue weighted by Gasteiger charge is -2.31. The van der Waals surface area contributed by atoms with Crippen molar-refractivity contribution in [2.24, 2.45) is 4.99 Å². The van der Waals surface area contributed by atoms with Crippen molar-refractivity contribution >= 4 is 56.4 Å². The molecule has 0 fully saturated rings. The maximum absolute atomic E-state index is 14.4. The summed E-state index contributed by atoms with van der Waals surface area (Å²) in [5, 5.41) is 13.1. The van der Waals surface area contributed by atoms with Gasteiger partial charge in [-0.15, -0.1) is 0 Å². The fourth-order valence-electron chi connectivity index (χ4n) is 5.08. The van der Waals surface area contributed by atoms with Crippen molar-refractivity contribution < 1.29 is 27.8 Å². The molecule has 1 aliphatic rings. The van der Waals surface area contributed by atoms with E-state index in [-0.39, 0.29) is 35.4 Å². The molecule has 0 spiro atoms. The fourth-order valence-corrected chi connectivity index (χ4v) is 7.19. The Balaban J connectivity index is 1.57. The van der Waals surface area contributed by atoms with Gasteiger partial charge in [0.25, 0.3) is 5.91 Å². The molecule has 8 nitrogen and oxygen atoms in total. The summed E-state index contributed by atoms with van der Waals surface area (Å²) in [6.07, 6.45) is -0.834. The molecule has 2 atom stereocenters. The number of sulfone groups is 1. The molecule has 0 unspecified atom stereocenters. The molecule has 0 aromatic heterocycles. The monoisotopic (exact) mass is 700 g/mol. The van der Waals surface area contributed by atoms with E-state index in [4.69, 9.17) is 54.4 Å². The quantitative estimate of drug-likeness (QED) is 0.148. The van der Waals surface area contributed by atoms with Crippen LogP contribution in [0.1, 0.15) is 35.6 Å². The molecule has 1 aliphatic heterocycles. The van der Waals surface area contributed by atoms with Gasteiger partial charge in [0.1, 0.15) is 5.75 Å². The van der Waals surface area contributed by atoms with Gasteiger partial charge in [-0.25, -0.2) is 13.4 Å². The molecule has 46 heavy (non-hydrogen) atoms. The lowest BCUT2D eigenvalue weighted by Crippen LogP contribution is -2.49. The summed E-state index contributed by atoms with van der Waals surface area (Å²) >= 11 is 19.1. The van der Waals surface area contributed by atoms with Gasteiger partial charge in [-0.1, -0.05) is 71.2 Å². The highest BCUT2D eigenvalue weighted by Gasteiger charge is 2.54. The van der Waals surface area contributed by atoms with Crippen molar-refractivity contribution in [3.63, 3.8) is 0 Å². The van der Waals surface area contributed by atoms with E-state index >= 15 is 0 Å². The average Bonchev–Trinajstić information content (AvgIpc) is 3.44. The van der Waals surface area contributed by atoms with Gasteiger partial charge in [-0.3, -0.25) is 4.79 Å². The topological polar surface area (TPSA) is 114 Å². The molecule has 240 valence electrons. The van der Waals surface area contributed by atoms with E-state index in [1.165, 1.54) is 18.2 Å². The van der Waals surface area contributed by atoms with Crippen LogP contribution in [0.25, 0.3) is 0 Å². The van der Waals surface area contributed by atoms with Crippen molar-refractivity contribution in [2.75, 3.05) is 19.0 Å². The molecule has 0 saturated heterocycles. The SMILES string of the molecule is O=C(NCc1cccc(Cl)c1)[C@]1(CCS(=O)(=O)c2ccccc2)N=C(c2ccc(OCCCO)cc2)O[C@@H]1c1ccc(Cl)cc1Cl. The molecular formula is C34H31Cl3N2O6S. The molecule has 4 aromatic carbocycles. The summed E-state index contributed by atoms with van der Waals surface area (Å²) in [5.41, 5.74) is -0.0403. The number of hydrogen-bond donors (Lipinski definition) is 2. The van der Waals surface area contributed by atoms with E-state index in [9.17, 15) is 13.2 Å². The zero-order chi connectivity index (χ0) is 32.7. The van der Waals surface area contributed by atoms with E-state index in [0.717, 1.165) is 5.56 Å². The summed E-state index contributed by atoms with van der Waals surface area (Å²) in [4.78, 5) is 19.4. The Hall–Kier alpha value is -3.60. The minimum atomic E-state index is -3.82. The number of benzene rings is 4. The van der Waals surface area contributed by atoms with Gasteiger partial charge < -0.3 is 19.9 Å². The number of aliphatic hydroxyl groups is 1. The third-order valence-corrected chi connectivity index (χ3v) is 10.0. The van der Waals surface area contributed by atoms with Crippen LogP contribution >= 0.6 is 34.8 Å². The Bertz CT molecular complexity index is 1820. The number of nitrogens with one attached hydrogen (secondary N) is 1. The number of aliphatic imine (C=N–C) groups is 1. The molecule has 0 saturated carbocycles. The highest BCUT2D eigenvalue weighted by atomic mass is 35.5. The maximum atomic E-state index is 14.4. The second-order valence-corrected chi connectivity index (χ2v) is 14.0. The predicted molar refractivity (Wildman–Crippen MR) is 180 cm³/mol. The Morgan fingerprint density at radius 1 is 0.935 bits per heavy atom. The molecule has 0 radical (unpaired) electrons. The van der Waals surface area contributed by atoms with E-state index in [1.54, 1.807) is 72.8 Å². The highest BCUT2D eigenvalue weighted by Crippen LogP contribution is 2.45. The second kappa shape index (κ2) is 14.9. The Labute approximate surface area is 282 Å². The van der Waals surface area contributed by atoms with Gasteiger partial charge in [0.05, 0.1) is 17.3 Å². The number of carbonyl (C=O) groups excluding carboxylic acids is 1. The first-order valence-electron chi connectivity index (χ1n) is 14.5. The van der Waals surface area contributed by atoms with Gasteiger partial charge in [-0.05, 0) is 66.2 Å². The third-order valence-electron chi connectivity index (χ3n) is 7.47. The molecule has 0 bridgehead atoms. The van der Waals surface area contributed by atoms with Crippen molar-refractivity contribution in [1.82, 2.24) is 5.32 Å². The second-order valence-electron chi connectivity index (χ2n) is 10.6. The van der Waals surface area contributed by atoms with Crippen LogP contribution in [0.4, 0.5) is 0 Å². The van der Waals surface area contributed by atoms with E-state index in [2.05, 4.69) is 5.32 Å². The average molecular weight is 702 g/mol. The smallest absolute Gasteiger partial charge is 0.252 e. The standard InChI is InChI=1S/C34H31Cl3N2O6S/c35-25-7-4-6-23(20-25)22-38-33(41)34(16-19-46(42,43)28-8-2-1-3-9-28)31(29-15-12-26(36)21-30(29)37)45-32(39-34)24-10-13-27(14-11-24)44-18-5-17-40/h1-4,6-15,20-21,31,40H,5,16-19,22H2,(H,38,41)/t31-,34-/m1/s1. The minimum Gasteiger partial charge on any atom is -0.494 e. The number of hydrogen-bond acceptors (Lipinski definition) is 7. The molecular weight excluding hydrogens is 671 g/mol. The van der Waals surface area contributed by atoms with E-state index < -0.39 is 33.1 Å². The maximum Gasteiger partial charge on any atom is 0.252 e. The van der Waals surface area contributed by atoms with Crippen LogP contribution in [0.5, 0.6) is 5.75 Å². The van der Waals surface area contributed by atoms with Gasteiger partial charge >= 0.3 is 0 Å². The Morgan fingerprint density at radius 3 is 2.37 bits per heavy atom. The number of carbonyl (C=O) groups is 1. The van der Waals surface area contributed by atoms with Gasteiger partial charge in [0.15, 0.2) is 21.5 Å². The largest absolute Gasteiger partial charge is 0.494 e. The van der Waals surface area contributed by atoms with Crippen LogP contribution in [-0.2, 0) is 25.9 Å². The zero-order valence-electron chi connectivity index (χ0n) is 24.5. The molecule has 4 aromatic rings. The summed E-state index contributed by atoms with van der Waals surface area (Å²) in [5.74, 6) is -0.243. The lowest BCUT2D eigenvalue weighted by atomic mass is 9.85. The summed E-state index contributed by atoms with van der Waals surface area (Å²) in [6, 6.07) is 26.8. The number of rotatable bonds is 13. The van der Waals surface area contributed by atoms with Crippen LogP contribution in [0.2, 0.25) is 15.1 Å². The first kappa shape index (κ1) is 33.8. The zero-order valence-corrected chi connectivity index (χ0v) is 27.6. The number of aliphatic hydroxyl groups excluding tert-OH is 1. The van der Waals surface area contributed by atoms with Gasteiger partial charge in [0, 0.05) is 52.2 Å². The van der Waals surface area contributed by atoms with E-state index in [1.807, 2.05) is 6.07 Å². The van der Waals surface area contributed by atoms with Gasteiger partial charge in [-0.2, -0.15) is 0 Å². The Kier molecular flexibility index (Phi) is 10.9. The molecule has 5 rings (SSSR count). The molecule has 2 N–H and O–H groups in total. The summed E-state index contributed by atoms with van der Waals surface area (Å²) in [6.45, 7) is 0.466.